The van der Waals surface area contributed by atoms with Crippen molar-refractivity contribution in [2.45, 2.75) is 13.5 Å². The summed E-state index contributed by atoms with van der Waals surface area (Å²) >= 11 is 10.0. The zero-order chi connectivity index (χ0) is 24.8. The van der Waals surface area contributed by atoms with Crippen molar-refractivity contribution < 1.29 is 19.1 Å². The molecule has 1 heterocycles. The van der Waals surface area contributed by atoms with Gasteiger partial charge in [0.1, 0.15) is 6.61 Å². The Hall–Kier alpha value is -3.14. The molecule has 178 valence electrons. The van der Waals surface area contributed by atoms with Gasteiger partial charge in [-0.15, -0.1) is 0 Å². The summed E-state index contributed by atoms with van der Waals surface area (Å²) in [6.45, 7) is 2.73. The second-order valence-corrected chi connectivity index (χ2v) is 9.89. The maximum atomic E-state index is 13.0. The van der Waals surface area contributed by atoms with Crippen molar-refractivity contribution in [1.82, 2.24) is 10.4 Å². The van der Waals surface area contributed by atoms with Gasteiger partial charge in [-0.3, -0.25) is 15.0 Å². The zero-order valence-corrected chi connectivity index (χ0v) is 21.9. The first kappa shape index (κ1) is 25.0. The summed E-state index contributed by atoms with van der Waals surface area (Å²) in [5.74, 6) is 0.319. The van der Waals surface area contributed by atoms with Crippen LogP contribution in [-0.2, 0) is 11.4 Å². The molecule has 0 spiro atoms. The molecule has 6 nitrogen and oxygen atoms in total. The number of hydrogen-bond donors (Lipinski definition) is 1. The number of ether oxygens (including phenoxy) is 2. The fraction of sp³-hybridized carbons (Fsp3) is 0.115. The first-order valence-corrected chi connectivity index (χ1v) is 12.7. The molecule has 1 aliphatic heterocycles. The highest BCUT2D eigenvalue weighted by Crippen LogP contribution is 2.39. The van der Waals surface area contributed by atoms with Crippen LogP contribution in [0.2, 0.25) is 0 Å². The number of halogens is 1. The van der Waals surface area contributed by atoms with Crippen LogP contribution in [0.4, 0.5) is 0 Å². The lowest BCUT2D eigenvalue weighted by Gasteiger charge is -2.16. The Morgan fingerprint density at radius 3 is 2.46 bits per heavy atom. The Labute approximate surface area is 221 Å². The molecule has 1 saturated heterocycles. The molecular weight excluding hydrogens is 548 g/mol. The van der Waals surface area contributed by atoms with E-state index >= 15 is 0 Å². The lowest BCUT2D eigenvalue weighted by molar-refractivity contribution is -0.123. The third-order valence-electron chi connectivity index (χ3n) is 4.90. The number of nitrogens with one attached hydrogen (secondary N) is 1. The molecule has 0 atom stereocenters. The summed E-state index contributed by atoms with van der Waals surface area (Å²) in [5, 5.41) is 1.09. The topological polar surface area (TPSA) is 67.9 Å². The summed E-state index contributed by atoms with van der Waals surface area (Å²) in [5.41, 5.74) is 4.77. The summed E-state index contributed by atoms with van der Waals surface area (Å²) in [6, 6.07) is 22.1. The predicted molar refractivity (Wildman–Crippen MR) is 145 cm³/mol. The van der Waals surface area contributed by atoms with E-state index in [4.69, 9.17) is 21.7 Å². The van der Waals surface area contributed by atoms with Crippen LogP contribution >= 0.6 is 39.9 Å². The number of rotatable bonds is 8. The molecule has 1 aliphatic rings. The Morgan fingerprint density at radius 2 is 1.77 bits per heavy atom. The number of carbonyl (C=O) groups is 2. The van der Waals surface area contributed by atoms with Gasteiger partial charge in [0.2, 0.25) is 0 Å². The van der Waals surface area contributed by atoms with E-state index in [9.17, 15) is 9.59 Å². The fourth-order valence-electron chi connectivity index (χ4n) is 3.28. The largest absolute Gasteiger partial charge is 0.490 e. The Morgan fingerprint density at radius 1 is 1.09 bits per heavy atom. The summed E-state index contributed by atoms with van der Waals surface area (Å²) in [6.07, 6.45) is 1.71. The van der Waals surface area contributed by atoms with Crippen LogP contribution in [0.1, 0.15) is 28.4 Å². The smallest absolute Gasteiger partial charge is 0.285 e. The third-order valence-corrected chi connectivity index (χ3v) is 6.79. The minimum Gasteiger partial charge on any atom is -0.490 e. The van der Waals surface area contributed by atoms with Crippen molar-refractivity contribution in [1.29, 1.82) is 0 Å². The van der Waals surface area contributed by atoms with E-state index in [2.05, 4.69) is 21.4 Å². The van der Waals surface area contributed by atoms with Crippen molar-refractivity contribution in [3.63, 3.8) is 0 Å². The predicted octanol–water partition coefficient (Wildman–Crippen LogP) is 5.97. The first-order chi connectivity index (χ1) is 17.0. The van der Waals surface area contributed by atoms with Crippen molar-refractivity contribution in [2.24, 2.45) is 0 Å². The van der Waals surface area contributed by atoms with Gasteiger partial charge >= 0.3 is 0 Å². The molecule has 0 aliphatic carbocycles. The number of hydrazine groups is 1. The highest BCUT2D eigenvalue weighted by molar-refractivity contribution is 9.10. The van der Waals surface area contributed by atoms with Crippen molar-refractivity contribution >= 4 is 62.1 Å². The van der Waals surface area contributed by atoms with Crippen LogP contribution < -0.4 is 14.9 Å². The van der Waals surface area contributed by atoms with Gasteiger partial charge < -0.3 is 9.47 Å². The molecule has 0 radical (unpaired) electrons. The summed E-state index contributed by atoms with van der Waals surface area (Å²) in [7, 11) is 0. The lowest BCUT2D eigenvalue weighted by Crippen LogP contribution is -2.44. The van der Waals surface area contributed by atoms with Gasteiger partial charge in [-0.1, -0.05) is 60.3 Å². The van der Waals surface area contributed by atoms with E-state index in [0.29, 0.717) is 39.7 Å². The van der Waals surface area contributed by atoms with Gasteiger partial charge in [0.25, 0.3) is 11.8 Å². The van der Waals surface area contributed by atoms with Crippen LogP contribution in [0.5, 0.6) is 11.5 Å². The van der Waals surface area contributed by atoms with Crippen LogP contribution in [0.25, 0.3) is 6.08 Å². The minimum absolute atomic E-state index is 0.248. The molecular formula is C26H21BrN2O4S2. The molecule has 0 bridgehead atoms. The van der Waals surface area contributed by atoms with E-state index < -0.39 is 11.8 Å². The molecule has 4 rings (SSSR count). The van der Waals surface area contributed by atoms with Gasteiger partial charge in [-0.05, 0) is 76.5 Å². The molecule has 2 amide bonds. The highest BCUT2D eigenvalue weighted by atomic mass is 79.9. The number of nitrogens with zero attached hydrogens (tertiary/aromatic N) is 1. The van der Waals surface area contributed by atoms with Gasteiger partial charge in [-0.2, -0.15) is 5.01 Å². The average molecular weight is 570 g/mol. The summed E-state index contributed by atoms with van der Waals surface area (Å²) < 4.78 is 12.8. The molecule has 35 heavy (non-hydrogen) atoms. The SMILES string of the molecule is CCOc1cc(/C=C2/SC(=S)N(NC(=O)c3ccccc3)C2=O)cc(Br)c1OCc1ccccc1. The highest BCUT2D eigenvalue weighted by Gasteiger charge is 2.34. The Kier molecular flexibility index (Phi) is 8.22. The van der Waals surface area contributed by atoms with Gasteiger partial charge in [0, 0.05) is 5.56 Å². The van der Waals surface area contributed by atoms with E-state index in [1.807, 2.05) is 55.5 Å². The molecule has 3 aromatic rings. The number of hydrogen-bond acceptors (Lipinski definition) is 6. The van der Waals surface area contributed by atoms with Crippen LogP contribution in [0.3, 0.4) is 0 Å². The van der Waals surface area contributed by atoms with E-state index in [1.54, 1.807) is 30.3 Å². The second kappa shape index (κ2) is 11.5. The standard InChI is InChI=1S/C26H21BrN2O4S2/c1-2-32-21-14-18(13-20(27)23(21)33-16-17-9-5-3-6-10-17)15-22-25(31)29(26(34)35-22)28-24(30)19-11-7-4-8-12-19/h3-15H,2,16H2,1H3,(H,28,30)/b22-15+. The van der Waals surface area contributed by atoms with E-state index in [-0.39, 0.29) is 4.32 Å². The number of thiocarbonyl (C=S) groups is 1. The van der Waals surface area contributed by atoms with Gasteiger partial charge in [0.05, 0.1) is 16.0 Å². The number of benzene rings is 3. The molecule has 0 aromatic heterocycles. The van der Waals surface area contributed by atoms with Crippen LogP contribution in [-0.4, -0.2) is 27.8 Å². The average Bonchev–Trinajstić information content (AvgIpc) is 3.12. The Balaban J connectivity index is 1.53. The Bertz CT molecular complexity index is 1280. The quantitative estimate of drug-likeness (QED) is 0.266. The molecule has 3 aromatic carbocycles. The van der Waals surface area contributed by atoms with Crippen molar-refractivity contribution in [3.05, 3.63) is 98.9 Å². The molecule has 0 saturated carbocycles. The number of thioether (sulfide) groups is 1. The maximum Gasteiger partial charge on any atom is 0.285 e. The lowest BCUT2D eigenvalue weighted by atomic mass is 10.1. The van der Waals surface area contributed by atoms with Gasteiger partial charge in [-0.25, -0.2) is 0 Å². The van der Waals surface area contributed by atoms with E-state index in [0.717, 1.165) is 27.9 Å². The van der Waals surface area contributed by atoms with Crippen molar-refractivity contribution in [2.75, 3.05) is 6.61 Å². The first-order valence-electron chi connectivity index (χ1n) is 10.7. The number of amides is 2. The number of carbonyl (C=O) groups excluding carboxylic acids is 2. The molecule has 1 N–H and O–H groups in total. The summed E-state index contributed by atoms with van der Waals surface area (Å²) in [4.78, 5) is 25.9. The molecule has 9 heteroatoms. The molecule has 1 fully saturated rings. The van der Waals surface area contributed by atoms with E-state index in [1.165, 1.54) is 0 Å². The normalized spacial score (nSPS) is 14.3. The minimum atomic E-state index is -0.413. The second-order valence-electron chi connectivity index (χ2n) is 7.36. The van der Waals surface area contributed by atoms with Crippen LogP contribution in [0.15, 0.2) is 82.2 Å². The van der Waals surface area contributed by atoms with Crippen LogP contribution in [0, 0.1) is 0 Å². The zero-order valence-electron chi connectivity index (χ0n) is 18.7. The maximum absolute atomic E-state index is 13.0. The fourth-order valence-corrected chi connectivity index (χ4v) is 5.03. The third kappa shape index (κ3) is 6.11. The van der Waals surface area contributed by atoms with Crippen molar-refractivity contribution in [3.8, 4) is 11.5 Å². The van der Waals surface area contributed by atoms with Gasteiger partial charge in [0.15, 0.2) is 15.8 Å². The monoisotopic (exact) mass is 568 g/mol. The molecule has 0 unspecified atom stereocenters.